The lowest BCUT2D eigenvalue weighted by Crippen LogP contribution is -2.10. The van der Waals surface area contributed by atoms with Gasteiger partial charge in [-0.15, -0.1) is 0 Å². The van der Waals surface area contributed by atoms with Gasteiger partial charge >= 0.3 is 0 Å². The van der Waals surface area contributed by atoms with Crippen LogP contribution in [0.3, 0.4) is 0 Å². The fourth-order valence-corrected chi connectivity index (χ4v) is 5.78. The van der Waals surface area contributed by atoms with Crippen LogP contribution in [0, 0.1) is 5.82 Å². The molecule has 9 rings (SSSR count). The SMILES string of the molecule is Fc1cccc2c3[nH]c(c12)N=c1[nH]c(c2ccccc12)=Nc1[nH]c(c2ccccc12)N=c1[nH]c(c2ccccc12)=N3. The number of aromatic amines is 4. The van der Waals surface area contributed by atoms with Gasteiger partial charge in [0, 0.05) is 37.7 Å². The van der Waals surface area contributed by atoms with Gasteiger partial charge in [0.05, 0.1) is 5.39 Å². The van der Waals surface area contributed by atoms with Crippen molar-refractivity contribution in [2.75, 3.05) is 0 Å². The highest BCUT2D eigenvalue weighted by Crippen LogP contribution is 2.36. The number of halogens is 1. The van der Waals surface area contributed by atoms with Crippen LogP contribution < -0.4 is 22.0 Å². The summed E-state index contributed by atoms with van der Waals surface area (Å²) in [5.41, 5.74) is 2.47. The fourth-order valence-electron chi connectivity index (χ4n) is 5.78. The minimum absolute atomic E-state index is 0.369. The maximum Gasteiger partial charge on any atom is 0.145 e. The van der Waals surface area contributed by atoms with E-state index in [-0.39, 0.29) is 5.82 Å². The molecule has 0 saturated heterocycles. The minimum atomic E-state index is -0.380. The van der Waals surface area contributed by atoms with Gasteiger partial charge in [-0.25, -0.2) is 24.4 Å². The number of hydrogen-bond donors (Lipinski definition) is 4. The van der Waals surface area contributed by atoms with E-state index in [4.69, 9.17) is 20.0 Å². The molecule has 0 unspecified atom stereocenters. The quantitative estimate of drug-likeness (QED) is 0.187. The Bertz CT molecular complexity index is 2610. The molecule has 1 aliphatic rings. The molecule has 1 aliphatic heterocycles. The first-order valence-corrected chi connectivity index (χ1v) is 13.2. The number of nitrogens with zero attached hydrogens (tertiary/aromatic N) is 4. The van der Waals surface area contributed by atoms with Gasteiger partial charge in [-0.1, -0.05) is 84.9 Å². The molecule has 8 aromatic rings. The van der Waals surface area contributed by atoms with Crippen molar-refractivity contribution >= 4 is 66.4 Å². The van der Waals surface area contributed by atoms with Crippen LogP contribution in [-0.2, 0) is 0 Å². The summed E-state index contributed by atoms with van der Waals surface area (Å²) in [6.45, 7) is 0. The highest BCUT2D eigenvalue weighted by Gasteiger charge is 2.16. The minimum Gasteiger partial charge on any atom is -0.324 e. The van der Waals surface area contributed by atoms with Gasteiger partial charge in [-0.2, -0.15) is 0 Å². The number of nitrogens with one attached hydrogen (secondary N) is 4. The van der Waals surface area contributed by atoms with Gasteiger partial charge in [0.15, 0.2) is 0 Å². The van der Waals surface area contributed by atoms with E-state index in [1.165, 1.54) is 6.07 Å². The van der Waals surface area contributed by atoms with E-state index in [2.05, 4.69) is 19.9 Å². The average Bonchev–Trinajstić information content (AvgIpc) is 3.73. The maximum atomic E-state index is 15.3. The third kappa shape index (κ3) is 3.20. The second kappa shape index (κ2) is 8.09. The summed E-state index contributed by atoms with van der Waals surface area (Å²) in [6.07, 6.45) is 0. The highest BCUT2D eigenvalue weighted by atomic mass is 19.1. The summed E-state index contributed by atoms with van der Waals surface area (Å²) in [6, 6.07) is 28.8. The van der Waals surface area contributed by atoms with E-state index in [1.807, 2.05) is 78.9 Å². The van der Waals surface area contributed by atoms with Crippen molar-refractivity contribution in [1.82, 2.24) is 19.9 Å². The molecule has 0 atom stereocenters. The van der Waals surface area contributed by atoms with Gasteiger partial charge in [-0.3, -0.25) is 0 Å². The summed E-state index contributed by atoms with van der Waals surface area (Å²) >= 11 is 0. The Morgan fingerprint density at radius 2 is 0.732 bits per heavy atom. The molecule has 0 spiro atoms. The predicted molar refractivity (Wildman–Crippen MR) is 156 cm³/mol. The molecule has 0 aliphatic carbocycles. The van der Waals surface area contributed by atoms with Crippen LogP contribution in [0.15, 0.2) is 111 Å². The van der Waals surface area contributed by atoms with E-state index in [0.29, 0.717) is 56.0 Å². The lowest BCUT2D eigenvalue weighted by Gasteiger charge is -1.94. The number of benzene rings is 4. The molecule has 0 saturated carbocycles. The largest absolute Gasteiger partial charge is 0.324 e. The molecular weight excluding hydrogens is 515 g/mol. The molecule has 8 nitrogen and oxygen atoms in total. The lowest BCUT2D eigenvalue weighted by atomic mass is 10.2. The number of H-pyrrole nitrogens is 4. The molecule has 4 aromatic heterocycles. The van der Waals surface area contributed by atoms with Crippen LogP contribution in [0.2, 0.25) is 0 Å². The van der Waals surface area contributed by atoms with Crippen LogP contribution in [-0.4, -0.2) is 19.9 Å². The monoisotopic (exact) mass is 534 g/mol. The standard InChI is InChI=1S/C32H19FN8/c33-23-15-7-14-22-24(23)32-40-30-21-13-6-5-12-20(21)28(38-30)36-26-17-9-2-1-8-16(17)25(34-26)35-27-18-10-3-4-11-19(18)29(37-27)39-31(22)41-32/h1-15H,(H4,34,35,36,37,38,39,40,41). The first-order chi connectivity index (χ1) is 20.2. The fraction of sp³-hybridized carbons (Fsp3) is 0. The van der Waals surface area contributed by atoms with Crippen LogP contribution in [0.1, 0.15) is 0 Å². The van der Waals surface area contributed by atoms with Crippen LogP contribution >= 0.6 is 0 Å². The molecule has 5 heterocycles. The van der Waals surface area contributed by atoms with Crippen molar-refractivity contribution in [3.63, 3.8) is 0 Å². The molecule has 4 aromatic carbocycles. The second-order valence-corrected chi connectivity index (χ2v) is 10.0. The molecule has 41 heavy (non-hydrogen) atoms. The molecule has 0 radical (unpaired) electrons. The van der Waals surface area contributed by atoms with Crippen molar-refractivity contribution < 1.29 is 4.39 Å². The Labute approximate surface area is 229 Å². The zero-order valence-electron chi connectivity index (χ0n) is 21.3. The highest BCUT2D eigenvalue weighted by molar-refractivity contribution is 6.01. The van der Waals surface area contributed by atoms with Gasteiger partial charge in [0.1, 0.15) is 51.0 Å². The van der Waals surface area contributed by atoms with E-state index in [9.17, 15) is 0 Å². The topological polar surface area (TPSA) is 113 Å². The zero-order chi connectivity index (χ0) is 27.1. The molecule has 0 fully saturated rings. The summed E-state index contributed by atoms with van der Waals surface area (Å²) < 4.78 is 15.3. The molecule has 9 heteroatoms. The molecule has 194 valence electrons. The Kier molecular flexibility index (Phi) is 4.35. The lowest BCUT2D eigenvalue weighted by molar-refractivity contribution is 0.640. The van der Waals surface area contributed by atoms with Gasteiger partial charge in [-0.05, 0) is 6.07 Å². The van der Waals surface area contributed by atoms with E-state index >= 15 is 4.39 Å². The molecular formula is C32H19FN8. The third-order valence-electron chi connectivity index (χ3n) is 7.66. The smallest absolute Gasteiger partial charge is 0.145 e. The van der Waals surface area contributed by atoms with E-state index in [1.54, 1.807) is 6.07 Å². The predicted octanol–water partition coefficient (Wildman–Crippen LogP) is 5.87. The maximum absolute atomic E-state index is 15.3. The van der Waals surface area contributed by atoms with Crippen LogP contribution in [0.5, 0.6) is 0 Å². The molecule has 0 amide bonds. The third-order valence-corrected chi connectivity index (χ3v) is 7.66. The van der Waals surface area contributed by atoms with Gasteiger partial charge < -0.3 is 19.9 Å². The van der Waals surface area contributed by atoms with Crippen molar-refractivity contribution in [3.05, 3.63) is 119 Å². The van der Waals surface area contributed by atoms with Crippen molar-refractivity contribution in [2.24, 2.45) is 20.0 Å². The van der Waals surface area contributed by atoms with E-state index in [0.717, 1.165) is 32.3 Å². The van der Waals surface area contributed by atoms with Gasteiger partial charge in [0.25, 0.3) is 0 Å². The Morgan fingerprint density at radius 3 is 1.22 bits per heavy atom. The number of hydrogen-bond acceptors (Lipinski definition) is 4. The molecule has 4 N–H and O–H groups in total. The van der Waals surface area contributed by atoms with Crippen molar-refractivity contribution in [1.29, 1.82) is 0 Å². The number of fused-ring (bicyclic) bond motifs is 20. The zero-order valence-corrected chi connectivity index (χ0v) is 21.3. The second-order valence-electron chi connectivity index (χ2n) is 10.0. The number of rotatable bonds is 0. The Hall–Kier alpha value is -5.83. The summed E-state index contributed by atoms with van der Waals surface area (Å²) in [5.74, 6) is 1.84. The normalized spacial score (nSPS) is 12.8. The summed E-state index contributed by atoms with van der Waals surface area (Å²) in [5, 5.41) is 6.47. The average molecular weight is 535 g/mol. The number of aromatic nitrogens is 4. The first-order valence-electron chi connectivity index (χ1n) is 13.2. The van der Waals surface area contributed by atoms with Crippen LogP contribution in [0.25, 0.3) is 43.1 Å². The van der Waals surface area contributed by atoms with Crippen molar-refractivity contribution in [2.45, 2.75) is 0 Å². The Balaban J connectivity index is 1.52. The Morgan fingerprint density at radius 1 is 0.366 bits per heavy atom. The summed E-state index contributed by atoms with van der Waals surface area (Å²) in [4.78, 5) is 33.4. The summed E-state index contributed by atoms with van der Waals surface area (Å²) in [7, 11) is 0. The van der Waals surface area contributed by atoms with Crippen LogP contribution in [0.4, 0.5) is 27.7 Å². The molecule has 8 bridgehead atoms. The van der Waals surface area contributed by atoms with Crippen molar-refractivity contribution in [3.8, 4) is 0 Å². The van der Waals surface area contributed by atoms with E-state index < -0.39 is 0 Å². The van der Waals surface area contributed by atoms with Gasteiger partial charge in [0.2, 0.25) is 0 Å². The first kappa shape index (κ1) is 22.0.